The number of ketones is 2. The highest BCUT2D eigenvalue weighted by atomic mass is 16.1. The molecule has 0 fully saturated rings. The molecule has 0 aromatic heterocycles. The van der Waals surface area contributed by atoms with E-state index in [0.717, 1.165) is 0 Å². The van der Waals surface area contributed by atoms with Crippen LogP contribution < -0.4 is 0 Å². The van der Waals surface area contributed by atoms with Gasteiger partial charge in [0.1, 0.15) is 11.6 Å². The average molecular weight is 124 g/mol. The van der Waals surface area contributed by atoms with Gasteiger partial charge in [-0.1, -0.05) is 0 Å². The van der Waals surface area contributed by atoms with E-state index in [9.17, 15) is 9.59 Å². The molecule has 0 rings (SSSR count). The number of rotatable bonds is 4. The summed E-state index contributed by atoms with van der Waals surface area (Å²) < 4.78 is 0. The van der Waals surface area contributed by atoms with E-state index >= 15 is 0 Å². The third-order valence-electron chi connectivity index (χ3n) is 0.984. The molecule has 0 spiro atoms. The van der Waals surface area contributed by atoms with Crippen molar-refractivity contribution in [1.82, 2.24) is 0 Å². The molecule has 48 valence electrons. The van der Waals surface area contributed by atoms with E-state index in [1.165, 1.54) is 6.92 Å². The van der Waals surface area contributed by atoms with E-state index in [1.807, 2.05) is 0 Å². The van der Waals surface area contributed by atoms with Crippen molar-refractivity contribution in [2.45, 2.75) is 26.1 Å². The maximum Gasteiger partial charge on any atom is 0.130 e. The molecule has 0 heterocycles. The average Bonchev–Trinajstić information content (AvgIpc) is 1.83. The predicted molar refractivity (Wildman–Crippen MR) is 35.5 cm³/mol. The van der Waals surface area contributed by atoms with Crippen LogP contribution in [-0.2, 0) is 9.59 Å². The van der Waals surface area contributed by atoms with E-state index in [-0.39, 0.29) is 17.9 Å². The molecular weight excluding hydrogens is 115 g/mol. The van der Waals surface area contributed by atoms with E-state index in [1.54, 1.807) is 0 Å². The largest absolute Gasteiger partial charge is 0.301 e. The topological polar surface area (TPSA) is 34.1 Å². The minimum Gasteiger partial charge on any atom is -0.301 e. The molecule has 2 radical (unpaired) electrons. The third kappa shape index (κ3) is 5.27. The van der Waals surface area contributed by atoms with Crippen molar-refractivity contribution in [2.75, 3.05) is 0 Å². The summed E-state index contributed by atoms with van der Waals surface area (Å²) in [5.41, 5.74) is 0. The SMILES string of the molecule is [B]CC(=O)CCC(C)=O. The molecule has 0 aromatic carbocycles. The zero-order valence-corrected chi connectivity index (χ0v) is 5.52. The number of hydrogen-bond donors (Lipinski definition) is 0. The lowest BCUT2D eigenvalue weighted by Crippen LogP contribution is -1.99. The summed E-state index contributed by atoms with van der Waals surface area (Å²) in [6, 6.07) is 0. The standard InChI is InChI=1S/C6H9BO2/c1-5(8)2-3-6(9)4-7/h2-4H2,1H3. The monoisotopic (exact) mass is 124 g/mol. The highest BCUT2D eigenvalue weighted by Crippen LogP contribution is 1.93. The molecule has 0 N–H and O–H groups in total. The first-order valence-electron chi connectivity index (χ1n) is 2.88. The lowest BCUT2D eigenvalue weighted by Gasteiger charge is -1.91. The Morgan fingerprint density at radius 3 is 2.22 bits per heavy atom. The molecule has 9 heavy (non-hydrogen) atoms. The van der Waals surface area contributed by atoms with Crippen molar-refractivity contribution in [1.29, 1.82) is 0 Å². The number of hydrogen-bond acceptors (Lipinski definition) is 2. The van der Waals surface area contributed by atoms with E-state index in [4.69, 9.17) is 7.85 Å². The Hall–Kier alpha value is -0.595. The Morgan fingerprint density at radius 1 is 1.33 bits per heavy atom. The van der Waals surface area contributed by atoms with Gasteiger partial charge in [0.25, 0.3) is 0 Å². The molecule has 0 atom stereocenters. The normalized spacial score (nSPS) is 9.00. The summed E-state index contributed by atoms with van der Waals surface area (Å²) in [6.07, 6.45) is 0.676. The van der Waals surface area contributed by atoms with Gasteiger partial charge >= 0.3 is 0 Å². The molecule has 0 aliphatic rings. The first-order valence-corrected chi connectivity index (χ1v) is 2.88. The number of carbonyl (C=O) groups excluding carboxylic acids is 2. The van der Waals surface area contributed by atoms with Crippen molar-refractivity contribution in [2.24, 2.45) is 0 Å². The third-order valence-corrected chi connectivity index (χ3v) is 0.984. The minimum absolute atomic E-state index is 0.0387. The van der Waals surface area contributed by atoms with Gasteiger partial charge in [0.2, 0.25) is 0 Å². The Morgan fingerprint density at radius 2 is 1.89 bits per heavy atom. The van der Waals surface area contributed by atoms with Crippen LogP contribution in [0.2, 0.25) is 6.32 Å². The first kappa shape index (κ1) is 8.40. The summed E-state index contributed by atoms with van der Waals surface area (Å²) in [5.74, 6) is -0.0120. The molecule has 0 unspecified atom stereocenters. The van der Waals surface area contributed by atoms with Crippen LogP contribution in [0.25, 0.3) is 0 Å². The van der Waals surface area contributed by atoms with Crippen molar-refractivity contribution in [3.8, 4) is 0 Å². The van der Waals surface area contributed by atoms with Gasteiger partial charge in [0.05, 0.1) is 7.85 Å². The Balaban J connectivity index is 3.28. The fourth-order valence-corrected chi connectivity index (χ4v) is 0.418. The second-order valence-corrected chi connectivity index (χ2v) is 1.94. The van der Waals surface area contributed by atoms with Crippen molar-refractivity contribution in [3.05, 3.63) is 0 Å². The van der Waals surface area contributed by atoms with E-state index < -0.39 is 0 Å². The molecule has 0 aliphatic heterocycles. The van der Waals surface area contributed by atoms with Crippen molar-refractivity contribution in [3.63, 3.8) is 0 Å². The summed E-state index contributed by atoms with van der Waals surface area (Å²) in [6.45, 7) is 1.46. The van der Waals surface area contributed by atoms with Gasteiger partial charge in [-0.05, 0) is 13.2 Å². The van der Waals surface area contributed by atoms with E-state index in [0.29, 0.717) is 12.8 Å². The van der Waals surface area contributed by atoms with Crippen LogP contribution in [-0.4, -0.2) is 19.4 Å². The Kier molecular flexibility index (Phi) is 4.02. The van der Waals surface area contributed by atoms with Crippen LogP contribution in [0.15, 0.2) is 0 Å². The lowest BCUT2D eigenvalue weighted by molar-refractivity contribution is -0.122. The van der Waals surface area contributed by atoms with Crippen molar-refractivity contribution >= 4 is 19.4 Å². The number of carbonyl (C=O) groups is 2. The summed E-state index contributed by atoms with van der Waals surface area (Å²) >= 11 is 0. The van der Waals surface area contributed by atoms with Gasteiger partial charge in [-0.2, -0.15) is 0 Å². The van der Waals surface area contributed by atoms with Gasteiger partial charge in [-0.15, -0.1) is 0 Å². The first-order chi connectivity index (χ1) is 4.16. The molecular formula is C6H9BO2. The molecule has 0 aromatic rings. The maximum atomic E-state index is 10.4. The molecule has 3 heteroatoms. The Bertz CT molecular complexity index is 120. The zero-order valence-electron chi connectivity index (χ0n) is 5.52. The molecule has 0 aliphatic carbocycles. The fourth-order valence-electron chi connectivity index (χ4n) is 0.418. The zero-order chi connectivity index (χ0) is 7.28. The van der Waals surface area contributed by atoms with Gasteiger partial charge < -0.3 is 9.59 Å². The molecule has 2 nitrogen and oxygen atoms in total. The quantitative estimate of drug-likeness (QED) is 0.511. The van der Waals surface area contributed by atoms with Gasteiger partial charge in [0.15, 0.2) is 0 Å². The van der Waals surface area contributed by atoms with Crippen LogP contribution >= 0.6 is 0 Å². The summed E-state index contributed by atoms with van der Waals surface area (Å²) in [5, 5.41) is 0. The van der Waals surface area contributed by atoms with Crippen LogP contribution in [0.1, 0.15) is 19.8 Å². The second kappa shape index (κ2) is 4.30. The van der Waals surface area contributed by atoms with Gasteiger partial charge in [-0.3, -0.25) is 0 Å². The van der Waals surface area contributed by atoms with Crippen LogP contribution in [0.4, 0.5) is 0 Å². The van der Waals surface area contributed by atoms with Crippen LogP contribution in [0, 0.1) is 0 Å². The van der Waals surface area contributed by atoms with Gasteiger partial charge in [-0.25, -0.2) is 0 Å². The van der Waals surface area contributed by atoms with Crippen LogP contribution in [0.3, 0.4) is 0 Å². The predicted octanol–water partition coefficient (Wildman–Crippen LogP) is 0.512. The van der Waals surface area contributed by atoms with Crippen LogP contribution in [0.5, 0.6) is 0 Å². The minimum atomic E-state index is -0.0507. The molecule has 0 saturated carbocycles. The molecule has 0 saturated heterocycles. The highest BCUT2D eigenvalue weighted by molar-refractivity contribution is 6.20. The van der Waals surface area contributed by atoms with E-state index in [2.05, 4.69) is 0 Å². The molecule has 0 amide bonds. The van der Waals surface area contributed by atoms with Crippen molar-refractivity contribution < 1.29 is 9.59 Å². The second-order valence-electron chi connectivity index (χ2n) is 1.94. The summed E-state index contributed by atoms with van der Waals surface area (Å²) in [4.78, 5) is 20.7. The maximum absolute atomic E-state index is 10.4. The smallest absolute Gasteiger partial charge is 0.130 e. The van der Waals surface area contributed by atoms with Gasteiger partial charge in [0, 0.05) is 12.8 Å². The summed E-state index contributed by atoms with van der Waals surface area (Å²) in [7, 11) is 5.00. The highest BCUT2D eigenvalue weighted by Gasteiger charge is 1.98. The number of Topliss-reactive ketones (excluding diaryl/α,β-unsaturated/α-hetero) is 2. The fraction of sp³-hybridized carbons (Fsp3) is 0.667. The lowest BCUT2D eigenvalue weighted by atomic mass is 9.97. The Labute approximate surface area is 56.0 Å². The molecule has 0 bridgehead atoms.